The molecular weight excluding hydrogens is 1160 g/mol. The van der Waals surface area contributed by atoms with Gasteiger partial charge >= 0.3 is 0 Å². The molecule has 0 saturated heterocycles. The number of aromatic nitrogens is 1. The molecule has 0 atom stereocenters. The van der Waals surface area contributed by atoms with Gasteiger partial charge < -0.3 is 14.4 Å². The molecule has 0 unspecified atom stereocenters. The molecule has 0 saturated carbocycles. The van der Waals surface area contributed by atoms with Crippen molar-refractivity contribution >= 4 is 79.0 Å². The lowest BCUT2D eigenvalue weighted by molar-refractivity contribution is 0.793. The maximum atomic E-state index is 2.70. The molecule has 2 aliphatic heterocycles. The summed E-state index contributed by atoms with van der Waals surface area (Å²) >= 11 is 0. The molecule has 16 aromatic rings. The van der Waals surface area contributed by atoms with E-state index in [0.29, 0.717) is 0 Å². The summed E-state index contributed by atoms with van der Waals surface area (Å²) in [5, 5.41) is 2.45. The van der Waals surface area contributed by atoms with Gasteiger partial charge in [0, 0.05) is 50.5 Å². The zero-order chi connectivity index (χ0) is 62.5. The first-order valence-corrected chi connectivity index (χ1v) is 33.7. The quantitative estimate of drug-likeness (QED) is 0.159. The van der Waals surface area contributed by atoms with Crippen LogP contribution in [-0.4, -0.2) is 11.3 Å². The molecule has 22 rings (SSSR count). The molecule has 4 heteroatoms. The molecule has 6 aliphatic rings. The first-order chi connectivity index (χ1) is 47.7. The van der Waals surface area contributed by atoms with Gasteiger partial charge in [0.1, 0.15) is 0 Å². The highest BCUT2D eigenvalue weighted by atomic mass is 15.2. The monoisotopic (exact) mass is 1210 g/mol. The largest absolute Gasteiger partial charge is 0.311 e. The summed E-state index contributed by atoms with van der Waals surface area (Å²) in [6.45, 7) is -0.206. The van der Waals surface area contributed by atoms with E-state index in [4.69, 9.17) is 0 Å². The number of benzene rings is 15. The molecule has 1 aromatic heterocycles. The number of fused-ring (bicyclic) bond motifs is 28. The Balaban J connectivity index is 0.890. The molecule has 2 spiro atoms. The van der Waals surface area contributed by atoms with Crippen molar-refractivity contribution < 1.29 is 0 Å². The summed E-state index contributed by atoms with van der Waals surface area (Å²) in [5.74, 6) is 0. The van der Waals surface area contributed by atoms with Gasteiger partial charge in [0.25, 0.3) is 6.71 Å². The van der Waals surface area contributed by atoms with E-state index in [1.165, 1.54) is 155 Å². The fraction of sp³-hybridized carbons (Fsp3) is 0.0217. The minimum atomic E-state index is -0.570. The summed E-state index contributed by atoms with van der Waals surface area (Å²) in [7, 11) is 0. The van der Waals surface area contributed by atoms with Crippen molar-refractivity contribution in [1.82, 2.24) is 4.57 Å². The Labute approximate surface area is 557 Å². The van der Waals surface area contributed by atoms with Crippen LogP contribution in [0.2, 0.25) is 0 Å². The van der Waals surface area contributed by atoms with Gasteiger partial charge in [-0.3, -0.25) is 0 Å². The van der Waals surface area contributed by atoms with Gasteiger partial charge in [-0.25, -0.2) is 0 Å². The molecule has 4 aliphatic carbocycles. The Morgan fingerprint density at radius 2 is 0.656 bits per heavy atom. The number of nitrogens with zero attached hydrogens (tertiary/aromatic N) is 3. The normalized spacial score (nSPS) is 14.4. The minimum absolute atomic E-state index is 0.206. The molecule has 15 aromatic carbocycles. The summed E-state index contributed by atoms with van der Waals surface area (Å²) in [6, 6.07) is 130. The van der Waals surface area contributed by atoms with E-state index in [1.54, 1.807) is 0 Å². The smallest absolute Gasteiger partial charge is 0.252 e. The van der Waals surface area contributed by atoms with Crippen LogP contribution in [0.4, 0.5) is 34.1 Å². The van der Waals surface area contributed by atoms with Crippen molar-refractivity contribution in [2.45, 2.75) is 10.8 Å². The van der Waals surface area contributed by atoms with E-state index in [9.17, 15) is 0 Å². The summed E-state index contributed by atoms with van der Waals surface area (Å²) in [6.07, 6.45) is 0. The Morgan fingerprint density at radius 3 is 1.21 bits per heavy atom. The van der Waals surface area contributed by atoms with Crippen molar-refractivity contribution in [3.8, 4) is 72.4 Å². The number of hydrogen-bond donors (Lipinski definition) is 0. The standard InChI is InChI=1S/C92H56BN3/c1-3-23-57(24-4-1)59-43-46-61(47-44-59)96-87-56-63(95-83-41-21-13-32-70(83)71-33-14-22-42-84(71)95)55-86-89(87)93(81-51-50-79-88(90(81)96)72-34-12-20-40-78(72)91(79)73-35-15-7-27-64(73)65-28-8-16-36-74(65)91)82-53-60(58-25-5-2-6-26-58)45-52-85(82)94(86)62-48-49-69-68-31-11-19-39-77(68)92(80(69)54-62)75-37-17-9-29-66(75)67-30-10-18-38-76(67)92/h1-56H. The molecule has 96 heavy (non-hydrogen) atoms. The van der Waals surface area contributed by atoms with Crippen LogP contribution in [0.1, 0.15) is 44.5 Å². The lowest BCUT2D eigenvalue weighted by Crippen LogP contribution is -2.61. The molecule has 0 radical (unpaired) electrons. The lowest BCUT2D eigenvalue weighted by Gasteiger charge is -2.45. The van der Waals surface area contributed by atoms with Crippen molar-refractivity contribution in [2.75, 3.05) is 9.80 Å². The second kappa shape index (κ2) is 19.2. The fourth-order valence-corrected chi connectivity index (χ4v) is 19.0. The van der Waals surface area contributed by atoms with Crippen LogP contribution in [0, 0.1) is 0 Å². The van der Waals surface area contributed by atoms with Gasteiger partial charge in [0.15, 0.2) is 0 Å². The van der Waals surface area contributed by atoms with Crippen molar-refractivity contribution in [3.05, 3.63) is 384 Å². The Hall–Kier alpha value is -12.2. The van der Waals surface area contributed by atoms with Crippen LogP contribution in [0.5, 0.6) is 0 Å². The maximum absolute atomic E-state index is 2.70. The second-order valence-corrected chi connectivity index (χ2v) is 26.9. The lowest BCUT2D eigenvalue weighted by atomic mass is 9.33. The van der Waals surface area contributed by atoms with E-state index in [-0.39, 0.29) is 6.71 Å². The number of para-hydroxylation sites is 2. The summed E-state index contributed by atoms with van der Waals surface area (Å²) < 4.78 is 2.54. The topological polar surface area (TPSA) is 11.4 Å². The van der Waals surface area contributed by atoms with Crippen LogP contribution in [-0.2, 0) is 10.8 Å². The minimum Gasteiger partial charge on any atom is -0.311 e. The van der Waals surface area contributed by atoms with Gasteiger partial charge in [0.2, 0.25) is 0 Å². The third-order valence-electron chi connectivity index (χ3n) is 22.6. The third kappa shape index (κ3) is 6.58. The van der Waals surface area contributed by atoms with Gasteiger partial charge in [-0.15, -0.1) is 0 Å². The zero-order valence-electron chi connectivity index (χ0n) is 52.3. The van der Waals surface area contributed by atoms with Crippen LogP contribution >= 0.6 is 0 Å². The van der Waals surface area contributed by atoms with Crippen LogP contribution in [0.25, 0.3) is 94.3 Å². The summed E-state index contributed by atoms with van der Waals surface area (Å²) in [5.41, 5.74) is 38.6. The molecule has 3 nitrogen and oxygen atoms in total. The Kier molecular flexibility index (Phi) is 10.5. The highest BCUT2D eigenvalue weighted by Gasteiger charge is 2.56. The molecule has 442 valence electrons. The van der Waals surface area contributed by atoms with E-state index >= 15 is 0 Å². The van der Waals surface area contributed by atoms with Gasteiger partial charge in [-0.2, -0.15) is 0 Å². The molecular formula is C92H56BN3. The van der Waals surface area contributed by atoms with E-state index in [2.05, 4.69) is 354 Å². The van der Waals surface area contributed by atoms with Crippen molar-refractivity contribution in [1.29, 1.82) is 0 Å². The van der Waals surface area contributed by atoms with Crippen molar-refractivity contribution in [2.24, 2.45) is 0 Å². The van der Waals surface area contributed by atoms with Gasteiger partial charge in [-0.1, -0.05) is 285 Å². The number of rotatable bonds is 5. The number of anilines is 6. The first-order valence-electron chi connectivity index (χ1n) is 33.7. The van der Waals surface area contributed by atoms with E-state index in [1.807, 2.05) is 0 Å². The molecule has 0 fully saturated rings. The predicted molar refractivity (Wildman–Crippen MR) is 398 cm³/mol. The average Bonchev–Trinajstić information content (AvgIpc) is 1.45. The molecule has 0 bridgehead atoms. The van der Waals surface area contributed by atoms with Crippen LogP contribution in [0.3, 0.4) is 0 Å². The Morgan fingerprint density at radius 1 is 0.240 bits per heavy atom. The predicted octanol–water partition coefficient (Wildman–Crippen LogP) is 20.9. The van der Waals surface area contributed by atoms with Gasteiger partial charge in [-0.05, 0) is 177 Å². The molecule has 0 amide bonds. The van der Waals surface area contributed by atoms with Crippen LogP contribution in [0.15, 0.2) is 340 Å². The zero-order valence-corrected chi connectivity index (χ0v) is 52.3. The maximum Gasteiger partial charge on any atom is 0.252 e. The van der Waals surface area contributed by atoms with Crippen LogP contribution < -0.4 is 26.2 Å². The molecule has 0 N–H and O–H groups in total. The molecule has 3 heterocycles. The third-order valence-corrected chi connectivity index (χ3v) is 22.6. The van der Waals surface area contributed by atoms with Gasteiger partial charge in [0.05, 0.1) is 27.6 Å². The fourth-order valence-electron chi connectivity index (χ4n) is 19.0. The highest BCUT2D eigenvalue weighted by Crippen LogP contribution is 2.67. The number of hydrogen-bond acceptors (Lipinski definition) is 2. The average molecular weight is 1210 g/mol. The van der Waals surface area contributed by atoms with E-state index < -0.39 is 10.8 Å². The SMILES string of the molecule is c1ccc(-c2ccc(N3c4cc(-n5c6ccccc6c6ccccc65)cc5c4B(c4cc(-c6ccccc6)ccc4N5c4ccc5c(c4)C4(c6ccccc6-c6ccccc64)c4ccccc4-5)c4ccc5c(c43)-c3ccccc3C53c4ccccc4-c4ccccc43)cc2)cc1. The second-order valence-electron chi connectivity index (χ2n) is 26.9. The Bertz CT molecular complexity index is 5900. The highest BCUT2D eigenvalue weighted by molar-refractivity contribution is 7.00. The first kappa shape index (κ1) is 52.3. The van der Waals surface area contributed by atoms with E-state index in [0.717, 1.165) is 34.1 Å². The summed E-state index contributed by atoms with van der Waals surface area (Å²) in [4.78, 5) is 5.36. The van der Waals surface area contributed by atoms with Crippen molar-refractivity contribution in [3.63, 3.8) is 0 Å².